The SMILES string of the molecule is CCn1cc(CNC(=O)c2nn(C)c(C)c2Br)cn1. The number of halogens is 1. The quantitative estimate of drug-likeness (QED) is 0.929. The highest BCUT2D eigenvalue weighted by Crippen LogP contribution is 2.19. The summed E-state index contributed by atoms with van der Waals surface area (Å²) in [5, 5.41) is 11.2. The van der Waals surface area contributed by atoms with Gasteiger partial charge in [-0.1, -0.05) is 0 Å². The van der Waals surface area contributed by atoms with Gasteiger partial charge in [0.2, 0.25) is 0 Å². The molecule has 0 aliphatic rings. The topological polar surface area (TPSA) is 64.7 Å². The van der Waals surface area contributed by atoms with Crippen LogP contribution in [0.5, 0.6) is 0 Å². The summed E-state index contributed by atoms with van der Waals surface area (Å²) in [6.45, 7) is 5.18. The van der Waals surface area contributed by atoms with Crippen molar-refractivity contribution in [2.75, 3.05) is 0 Å². The van der Waals surface area contributed by atoms with Gasteiger partial charge in [0.05, 0.1) is 16.4 Å². The van der Waals surface area contributed by atoms with Crippen LogP contribution in [0, 0.1) is 6.92 Å². The first-order valence-electron chi connectivity index (χ1n) is 6.01. The Hall–Kier alpha value is -1.63. The van der Waals surface area contributed by atoms with Gasteiger partial charge in [0.25, 0.3) is 5.91 Å². The van der Waals surface area contributed by atoms with Gasteiger partial charge in [0, 0.05) is 31.9 Å². The van der Waals surface area contributed by atoms with Crippen molar-refractivity contribution in [1.29, 1.82) is 0 Å². The molecular weight excluding hydrogens is 310 g/mol. The van der Waals surface area contributed by atoms with Gasteiger partial charge in [0.15, 0.2) is 5.69 Å². The van der Waals surface area contributed by atoms with E-state index in [2.05, 4.69) is 31.4 Å². The second-order valence-electron chi connectivity index (χ2n) is 4.26. The van der Waals surface area contributed by atoms with Crippen LogP contribution in [0.15, 0.2) is 16.9 Å². The van der Waals surface area contributed by atoms with Crippen molar-refractivity contribution in [3.63, 3.8) is 0 Å². The van der Waals surface area contributed by atoms with Gasteiger partial charge in [-0.2, -0.15) is 10.2 Å². The summed E-state index contributed by atoms with van der Waals surface area (Å²) < 4.78 is 4.23. The molecule has 2 heterocycles. The Balaban J connectivity index is 2.03. The van der Waals surface area contributed by atoms with Crippen molar-refractivity contribution in [2.24, 2.45) is 7.05 Å². The summed E-state index contributed by atoms with van der Waals surface area (Å²) in [7, 11) is 1.81. The Morgan fingerprint density at radius 2 is 2.26 bits per heavy atom. The molecule has 0 aliphatic heterocycles. The Morgan fingerprint density at radius 3 is 2.79 bits per heavy atom. The molecule has 6 nitrogen and oxygen atoms in total. The lowest BCUT2D eigenvalue weighted by molar-refractivity contribution is 0.0944. The zero-order valence-corrected chi connectivity index (χ0v) is 12.7. The molecule has 0 saturated heterocycles. The summed E-state index contributed by atoms with van der Waals surface area (Å²) in [4.78, 5) is 12.0. The highest BCUT2D eigenvalue weighted by molar-refractivity contribution is 9.10. The summed E-state index contributed by atoms with van der Waals surface area (Å²) in [5.41, 5.74) is 2.30. The number of nitrogens with zero attached hydrogens (tertiary/aromatic N) is 4. The van der Waals surface area contributed by atoms with E-state index in [9.17, 15) is 4.79 Å². The Kier molecular flexibility index (Phi) is 4.04. The van der Waals surface area contributed by atoms with E-state index in [1.165, 1.54) is 0 Å². The number of aromatic nitrogens is 4. The van der Waals surface area contributed by atoms with Gasteiger partial charge in [-0.05, 0) is 29.8 Å². The zero-order chi connectivity index (χ0) is 14.0. The van der Waals surface area contributed by atoms with E-state index in [4.69, 9.17) is 0 Å². The summed E-state index contributed by atoms with van der Waals surface area (Å²) >= 11 is 3.38. The van der Waals surface area contributed by atoms with Crippen molar-refractivity contribution in [3.8, 4) is 0 Å². The summed E-state index contributed by atoms with van der Waals surface area (Å²) in [5.74, 6) is -0.195. The highest BCUT2D eigenvalue weighted by Gasteiger charge is 2.17. The molecule has 0 fully saturated rings. The molecule has 102 valence electrons. The van der Waals surface area contributed by atoms with E-state index < -0.39 is 0 Å². The lowest BCUT2D eigenvalue weighted by Gasteiger charge is -2.01. The van der Waals surface area contributed by atoms with Gasteiger partial charge in [0.1, 0.15) is 0 Å². The smallest absolute Gasteiger partial charge is 0.273 e. The minimum atomic E-state index is -0.195. The monoisotopic (exact) mass is 325 g/mol. The fourth-order valence-corrected chi connectivity index (χ4v) is 2.18. The van der Waals surface area contributed by atoms with Gasteiger partial charge in [-0.25, -0.2) is 0 Å². The van der Waals surface area contributed by atoms with Crippen LogP contribution in [-0.4, -0.2) is 25.5 Å². The van der Waals surface area contributed by atoms with Gasteiger partial charge in [-0.3, -0.25) is 14.2 Å². The maximum atomic E-state index is 12.0. The molecule has 0 bridgehead atoms. The predicted octanol–water partition coefficient (Wildman–Crippen LogP) is 1.64. The van der Waals surface area contributed by atoms with Crippen molar-refractivity contribution in [3.05, 3.63) is 33.8 Å². The maximum Gasteiger partial charge on any atom is 0.273 e. The number of hydrogen-bond donors (Lipinski definition) is 1. The van der Waals surface area contributed by atoms with Crippen LogP contribution in [0.3, 0.4) is 0 Å². The lowest BCUT2D eigenvalue weighted by atomic mass is 10.3. The minimum absolute atomic E-state index is 0.195. The number of rotatable bonds is 4. The fourth-order valence-electron chi connectivity index (χ4n) is 1.66. The van der Waals surface area contributed by atoms with E-state index in [-0.39, 0.29) is 5.91 Å². The van der Waals surface area contributed by atoms with Gasteiger partial charge < -0.3 is 5.32 Å². The molecule has 0 radical (unpaired) electrons. The van der Waals surface area contributed by atoms with Crippen molar-refractivity contribution in [1.82, 2.24) is 24.9 Å². The van der Waals surface area contributed by atoms with Crippen LogP contribution in [-0.2, 0) is 20.1 Å². The Labute approximate surface area is 119 Å². The molecule has 0 atom stereocenters. The second-order valence-corrected chi connectivity index (χ2v) is 5.05. The average molecular weight is 326 g/mol. The van der Waals surface area contributed by atoms with E-state index in [1.54, 1.807) is 10.9 Å². The summed E-state index contributed by atoms with van der Waals surface area (Å²) in [6.07, 6.45) is 3.67. The molecule has 7 heteroatoms. The van der Waals surface area contributed by atoms with E-state index >= 15 is 0 Å². The highest BCUT2D eigenvalue weighted by atomic mass is 79.9. The van der Waals surface area contributed by atoms with Crippen LogP contribution in [0.4, 0.5) is 0 Å². The molecule has 0 aromatic carbocycles. The fraction of sp³-hybridized carbons (Fsp3) is 0.417. The van der Waals surface area contributed by atoms with Crippen molar-refractivity contribution >= 4 is 21.8 Å². The van der Waals surface area contributed by atoms with Crippen LogP contribution < -0.4 is 5.32 Å². The normalized spacial score (nSPS) is 10.7. The minimum Gasteiger partial charge on any atom is -0.346 e. The third kappa shape index (κ3) is 2.86. The number of amides is 1. The Morgan fingerprint density at radius 1 is 1.53 bits per heavy atom. The molecule has 0 spiro atoms. The predicted molar refractivity (Wildman–Crippen MR) is 74.7 cm³/mol. The molecule has 0 saturated carbocycles. The number of nitrogens with one attached hydrogen (secondary N) is 1. The first-order valence-corrected chi connectivity index (χ1v) is 6.80. The second kappa shape index (κ2) is 5.56. The standard InChI is InChI=1S/C12H16BrN5O/c1-4-18-7-9(6-15-18)5-14-12(19)11-10(13)8(2)17(3)16-11/h6-7H,4-5H2,1-3H3,(H,14,19). The van der Waals surface area contributed by atoms with Crippen molar-refractivity contribution < 1.29 is 4.79 Å². The first-order chi connectivity index (χ1) is 9.02. The molecule has 19 heavy (non-hydrogen) atoms. The Bertz CT molecular complexity index is 601. The molecule has 0 aliphatic carbocycles. The number of aryl methyl sites for hydroxylation is 2. The number of carbonyl (C=O) groups excluding carboxylic acids is 1. The van der Waals surface area contributed by atoms with Crippen LogP contribution in [0.1, 0.15) is 28.7 Å². The number of carbonyl (C=O) groups is 1. The van der Waals surface area contributed by atoms with E-state index in [0.717, 1.165) is 22.3 Å². The van der Waals surface area contributed by atoms with Gasteiger partial charge >= 0.3 is 0 Å². The van der Waals surface area contributed by atoms with Crippen molar-refractivity contribution in [2.45, 2.75) is 26.9 Å². The zero-order valence-electron chi connectivity index (χ0n) is 11.1. The van der Waals surface area contributed by atoms with E-state index in [0.29, 0.717) is 12.2 Å². The van der Waals surface area contributed by atoms with E-state index in [1.807, 2.05) is 31.8 Å². The molecular formula is C12H16BrN5O. The molecule has 2 rings (SSSR count). The van der Waals surface area contributed by atoms with Crippen LogP contribution in [0.25, 0.3) is 0 Å². The number of hydrogen-bond acceptors (Lipinski definition) is 3. The lowest BCUT2D eigenvalue weighted by Crippen LogP contribution is -2.23. The molecule has 1 amide bonds. The molecule has 2 aromatic rings. The third-order valence-electron chi connectivity index (χ3n) is 2.94. The van der Waals surface area contributed by atoms with Crippen LogP contribution >= 0.6 is 15.9 Å². The molecule has 1 N–H and O–H groups in total. The maximum absolute atomic E-state index is 12.0. The summed E-state index contributed by atoms with van der Waals surface area (Å²) in [6, 6.07) is 0. The largest absolute Gasteiger partial charge is 0.346 e. The molecule has 2 aromatic heterocycles. The average Bonchev–Trinajstić information content (AvgIpc) is 2.96. The third-order valence-corrected chi connectivity index (χ3v) is 3.89. The van der Waals surface area contributed by atoms with Crippen LogP contribution in [0.2, 0.25) is 0 Å². The first kappa shape index (κ1) is 13.8. The van der Waals surface area contributed by atoms with Gasteiger partial charge in [-0.15, -0.1) is 0 Å². The molecule has 0 unspecified atom stereocenters.